The van der Waals surface area contributed by atoms with E-state index in [2.05, 4.69) is 5.32 Å². The molecule has 3 rings (SSSR count). The van der Waals surface area contributed by atoms with Crippen molar-refractivity contribution in [3.63, 3.8) is 0 Å². The number of amides is 3. The summed E-state index contributed by atoms with van der Waals surface area (Å²) >= 11 is 0. The molecule has 8 heteroatoms. The fourth-order valence-corrected chi connectivity index (χ4v) is 2.77. The first kappa shape index (κ1) is 19.2. The maximum atomic E-state index is 12.9. The van der Waals surface area contributed by atoms with E-state index in [0.717, 1.165) is 4.90 Å². The zero-order valence-corrected chi connectivity index (χ0v) is 15.1. The predicted octanol–water partition coefficient (Wildman–Crippen LogP) is 2.38. The van der Waals surface area contributed by atoms with Gasteiger partial charge < -0.3 is 10.1 Å². The van der Waals surface area contributed by atoms with Crippen molar-refractivity contribution in [3.8, 4) is 0 Å². The summed E-state index contributed by atoms with van der Waals surface area (Å²) in [5.74, 6) is -3.15. The van der Waals surface area contributed by atoms with Crippen molar-refractivity contribution in [1.82, 2.24) is 4.90 Å². The maximum absolute atomic E-state index is 12.9. The smallest absolute Gasteiger partial charge is 0.329 e. The monoisotopic (exact) mass is 384 g/mol. The molecule has 1 aliphatic heterocycles. The molecule has 144 valence electrons. The summed E-state index contributed by atoms with van der Waals surface area (Å²) in [5.41, 5.74) is 0.770. The molecule has 0 unspecified atom stereocenters. The van der Waals surface area contributed by atoms with Gasteiger partial charge in [0.2, 0.25) is 0 Å². The molecule has 0 spiro atoms. The molecule has 7 nitrogen and oxygen atoms in total. The third-order valence-corrected chi connectivity index (χ3v) is 4.33. The van der Waals surface area contributed by atoms with E-state index in [4.69, 9.17) is 4.74 Å². The Morgan fingerprint density at radius 2 is 1.50 bits per heavy atom. The van der Waals surface area contributed by atoms with Gasteiger partial charge in [-0.25, -0.2) is 9.18 Å². The third kappa shape index (κ3) is 3.62. The zero-order chi connectivity index (χ0) is 20.4. The number of halogens is 1. The van der Waals surface area contributed by atoms with Crippen molar-refractivity contribution >= 4 is 29.4 Å². The van der Waals surface area contributed by atoms with Gasteiger partial charge in [0.1, 0.15) is 11.9 Å². The molecule has 0 radical (unpaired) electrons. The number of carbonyl (C=O) groups excluding carboxylic acids is 4. The average molecular weight is 384 g/mol. The van der Waals surface area contributed by atoms with Crippen LogP contribution < -0.4 is 5.32 Å². The first-order chi connectivity index (χ1) is 13.3. The van der Waals surface area contributed by atoms with Gasteiger partial charge in [0.05, 0.1) is 11.1 Å². The number of nitrogens with one attached hydrogen (secondary N) is 1. The van der Waals surface area contributed by atoms with Crippen LogP contribution in [0.5, 0.6) is 0 Å². The van der Waals surface area contributed by atoms with Crippen LogP contribution in [-0.4, -0.2) is 40.7 Å². The number of esters is 1. The van der Waals surface area contributed by atoms with Crippen LogP contribution in [0.3, 0.4) is 0 Å². The fraction of sp³-hybridized carbons (Fsp3) is 0.200. The number of imide groups is 1. The lowest BCUT2D eigenvalue weighted by atomic mass is 10.1. The summed E-state index contributed by atoms with van der Waals surface area (Å²) in [7, 11) is 0. The highest BCUT2D eigenvalue weighted by Gasteiger charge is 2.41. The molecule has 0 bridgehead atoms. The third-order valence-electron chi connectivity index (χ3n) is 4.33. The second-order valence-corrected chi connectivity index (χ2v) is 6.28. The van der Waals surface area contributed by atoms with E-state index < -0.39 is 41.7 Å². The van der Waals surface area contributed by atoms with Crippen LogP contribution in [0.2, 0.25) is 0 Å². The van der Waals surface area contributed by atoms with E-state index in [9.17, 15) is 23.6 Å². The van der Waals surface area contributed by atoms with Gasteiger partial charge >= 0.3 is 5.97 Å². The Morgan fingerprint density at radius 1 is 0.964 bits per heavy atom. The molecule has 28 heavy (non-hydrogen) atoms. The Labute approximate surface area is 160 Å². The summed E-state index contributed by atoms with van der Waals surface area (Å²) in [6.45, 7) is 2.71. The van der Waals surface area contributed by atoms with E-state index in [1.165, 1.54) is 50.2 Å². The molecule has 1 heterocycles. The molecule has 3 amide bonds. The lowest BCUT2D eigenvalue weighted by Crippen LogP contribution is -2.45. The Hall–Kier alpha value is -3.55. The molecule has 1 N–H and O–H groups in total. The second kappa shape index (κ2) is 7.59. The summed E-state index contributed by atoms with van der Waals surface area (Å²) in [6, 6.07) is 10.1. The van der Waals surface area contributed by atoms with Gasteiger partial charge in [-0.1, -0.05) is 12.1 Å². The van der Waals surface area contributed by atoms with Crippen molar-refractivity contribution in [3.05, 3.63) is 65.5 Å². The van der Waals surface area contributed by atoms with Gasteiger partial charge in [-0.2, -0.15) is 0 Å². The Morgan fingerprint density at radius 3 is 2.04 bits per heavy atom. The molecule has 0 fully saturated rings. The molecule has 1 aliphatic rings. The lowest BCUT2D eigenvalue weighted by molar-refractivity contribution is -0.156. The van der Waals surface area contributed by atoms with Gasteiger partial charge in [-0.3, -0.25) is 19.3 Å². The molecule has 0 saturated heterocycles. The zero-order valence-electron chi connectivity index (χ0n) is 15.1. The van der Waals surface area contributed by atoms with Crippen LogP contribution in [0.15, 0.2) is 48.5 Å². The van der Waals surface area contributed by atoms with Gasteiger partial charge in [0.15, 0.2) is 6.10 Å². The van der Waals surface area contributed by atoms with Gasteiger partial charge in [0, 0.05) is 5.69 Å². The number of hydrogen-bond acceptors (Lipinski definition) is 5. The van der Waals surface area contributed by atoms with Gasteiger partial charge in [0.25, 0.3) is 17.7 Å². The Balaban J connectivity index is 1.64. The first-order valence-electron chi connectivity index (χ1n) is 8.53. The molecule has 2 aromatic rings. The van der Waals surface area contributed by atoms with Crippen LogP contribution in [0, 0.1) is 5.82 Å². The minimum atomic E-state index is -1.20. The molecular formula is C20H17FN2O5. The number of fused-ring (bicyclic) bond motifs is 1. The second-order valence-electron chi connectivity index (χ2n) is 6.28. The molecule has 2 atom stereocenters. The van der Waals surface area contributed by atoms with E-state index in [1.54, 1.807) is 12.1 Å². The normalized spacial score (nSPS) is 15.0. The lowest BCUT2D eigenvalue weighted by Gasteiger charge is -2.22. The number of anilines is 1. The van der Waals surface area contributed by atoms with Crippen LogP contribution in [0.1, 0.15) is 34.6 Å². The number of benzene rings is 2. The van der Waals surface area contributed by atoms with Gasteiger partial charge in [-0.05, 0) is 50.2 Å². The summed E-state index contributed by atoms with van der Waals surface area (Å²) < 4.78 is 18.0. The predicted molar refractivity (Wildman–Crippen MR) is 97.0 cm³/mol. The number of nitrogens with zero attached hydrogens (tertiary/aromatic N) is 1. The highest BCUT2D eigenvalue weighted by Crippen LogP contribution is 2.25. The molecular weight excluding hydrogens is 367 g/mol. The van der Waals surface area contributed by atoms with E-state index in [0.29, 0.717) is 5.69 Å². The Bertz CT molecular complexity index is 922. The minimum absolute atomic E-state index is 0.217. The first-order valence-corrected chi connectivity index (χ1v) is 8.53. The molecule has 0 aromatic heterocycles. The minimum Gasteiger partial charge on any atom is -0.451 e. The fourth-order valence-electron chi connectivity index (χ4n) is 2.77. The SMILES string of the molecule is C[C@H](OC(=O)[C@@H](C)N1C(=O)c2ccccc2C1=O)C(=O)Nc1ccc(F)cc1. The van der Waals surface area contributed by atoms with Crippen LogP contribution >= 0.6 is 0 Å². The summed E-state index contributed by atoms with van der Waals surface area (Å²) in [5, 5.41) is 2.48. The number of hydrogen-bond donors (Lipinski definition) is 1. The largest absolute Gasteiger partial charge is 0.451 e. The van der Waals surface area contributed by atoms with E-state index in [1.807, 2.05) is 0 Å². The quantitative estimate of drug-likeness (QED) is 0.631. The highest BCUT2D eigenvalue weighted by atomic mass is 19.1. The van der Waals surface area contributed by atoms with Crippen LogP contribution in [0.25, 0.3) is 0 Å². The summed E-state index contributed by atoms with van der Waals surface area (Å²) in [4.78, 5) is 50.2. The standard InChI is InChI=1S/C20H17FN2O5/c1-11(23-18(25)15-5-3-4-6-16(15)19(23)26)20(27)28-12(2)17(24)22-14-9-7-13(21)8-10-14/h3-12H,1-2H3,(H,22,24)/t11-,12+/m1/s1. The highest BCUT2D eigenvalue weighted by molar-refractivity contribution is 6.22. The molecule has 0 saturated carbocycles. The van der Waals surface area contributed by atoms with E-state index >= 15 is 0 Å². The number of ether oxygens (including phenoxy) is 1. The topological polar surface area (TPSA) is 92.8 Å². The molecule has 2 aromatic carbocycles. The van der Waals surface area contributed by atoms with Crippen LogP contribution in [-0.2, 0) is 14.3 Å². The van der Waals surface area contributed by atoms with Crippen molar-refractivity contribution in [1.29, 1.82) is 0 Å². The summed E-state index contributed by atoms with van der Waals surface area (Å²) in [6.07, 6.45) is -1.19. The Kier molecular flexibility index (Phi) is 5.21. The maximum Gasteiger partial charge on any atom is 0.329 e. The van der Waals surface area contributed by atoms with Crippen LogP contribution in [0.4, 0.5) is 10.1 Å². The van der Waals surface area contributed by atoms with Crippen molar-refractivity contribution in [2.45, 2.75) is 26.0 Å². The van der Waals surface area contributed by atoms with Crippen molar-refractivity contribution in [2.75, 3.05) is 5.32 Å². The number of carbonyl (C=O) groups is 4. The van der Waals surface area contributed by atoms with E-state index in [-0.39, 0.29) is 11.1 Å². The number of rotatable bonds is 5. The average Bonchev–Trinajstić information content (AvgIpc) is 2.93. The molecule has 0 aliphatic carbocycles. The van der Waals surface area contributed by atoms with Gasteiger partial charge in [-0.15, -0.1) is 0 Å². The van der Waals surface area contributed by atoms with Crippen molar-refractivity contribution < 1.29 is 28.3 Å². The van der Waals surface area contributed by atoms with Crippen molar-refractivity contribution in [2.24, 2.45) is 0 Å².